The van der Waals surface area contributed by atoms with Gasteiger partial charge in [-0.1, -0.05) is 115 Å². The van der Waals surface area contributed by atoms with E-state index in [1.807, 2.05) is 53.4 Å². The number of para-hydroxylation sites is 2. The third kappa shape index (κ3) is 5.08. The average Bonchev–Trinajstić information content (AvgIpc) is 3.59. The molecule has 51 heavy (non-hydrogen) atoms. The fraction of sp³-hybridized carbons (Fsp3) is 0.0444. The molecule has 0 fully saturated rings. The Kier molecular flexibility index (Phi) is 6.84. The largest absolute Gasteiger partial charge is 0.258 e. The molecule has 0 saturated carbocycles. The Morgan fingerprint density at radius 1 is 0.529 bits per heavy atom. The number of aromatic nitrogens is 4. The molecule has 1 aliphatic heterocycles. The summed E-state index contributed by atoms with van der Waals surface area (Å²) in [6, 6.07) is 50.6. The van der Waals surface area contributed by atoms with Crippen molar-refractivity contribution in [2.75, 3.05) is 0 Å². The summed E-state index contributed by atoms with van der Waals surface area (Å²) in [6.45, 7) is 0. The number of aliphatic imine (C=N–C) groups is 2. The van der Waals surface area contributed by atoms with Crippen molar-refractivity contribution in [3.63, 3.8) is 0 Å². The number of hydrogen-bond acceptors (Lipinski definition) is 5. The van der Waals surface area contributed by atoms with Gasteiger partial charge in [-0.25, -0.2) is 9.51 Å². The molecule has 10 rings (SSSR count). The second kappa shape index (κ2) is 12.0. The van der Waals surface area contributed by atoms with Crippen LogP contribution >= 0.6 is 0 Å². The SMILES string of the molecule is c1cnc2c(-c3ccc(C4=NC(c5cccn6nc7ccccc7c56)=NC(c5ccc(-c6cccc7cccnc67)cc5)C4)cc3)cccc2c1. The third-order valence-corrected chi connectivity index (χ3v) is 9.90. The molecule has 6 heteroatoms. The van der Waals surface area contributed by atoms with Crippen LogP contribution in [0.25, 0.3) is 60.5 Å². The van der Waals surface area contributed by atoms with Gasteiger partial charge in [-0.2, -0.15) is 5.10 Å². The van der Waals surface area contributed by atoms with Crippen molar-refractivity contribution >= 4 is 49.8 Å². The van der Waals surface area contributed by atoms with Crippen LogP contribution in [0.1, 0.15) is 29.2 Å². The summed E-state index contributed by atoms with van der Waals surface area (Å²) in [5, 5.41) is 8.19. The fourth-order valence-corrected chi connectivity index (χ4v) is 7.39. The first-order valence-corrected chi connectivity index (χ1v) is 17.2. The zero-order valence-corrected chi connectivity index (χ0v) is 27.6. The summed E-state index contributed by atoms with van der Waals surface area (Å²) in [6.07, 6.45) is 6.38. The van der Waals surface area contributed by atoms with Crippen LogP contribution in [0.15, 0.2) is 174 Å². The Morgan fingerprint density at radius 2 is 1.14 bits per heavy atom. The highest BCUT2D eigenvalue weighted by Gasteiger charge is 2.24. The van der Waals surface area contributed by atoms with Gasteiger partial charge in [0.15, 0.2) is 5.84 Å². The van der Waals surface area contributed by atoms with E-state index in [1.165, 1.54) is 0 Å². The highest BCUT2D eigenvalue weighted by molar-refractivity contribution is 6.18. The average molecular weight is 655 g/mol. The molecule has 1 aliphatic rings. The predicted molar refractivity (Wildman–Crippen MR) is 207 cm³/mol. The van der Waals surface area contributed by atoms with Crippen molar-refractivity contribution in [2.24, 2.45) is 9.98 Å². The molecule has 1 atom stereocenters. The van der Waals surface area contributed by atoms with Gasteiger partial charge >= 0.3 is 0 Å². The minimum Gasteiger partial charge on any atom is -0.258 e. The second-order valence-electron chi connectivity index (χ2n) is 12.9. The molecule has 9 aromatic rings. The lowest BCUT2D eigenvalue weighted by molar-refractivity contribution is 0.754. The van der Waals surface area contributed by atoms with Gasteiger partial charge in [0.05, 0.1) is 33.8 Å². The van der Waals surface area contributed by atoms with Gasteiger partial charge in [0.1, 0.15) is 0 Å². The Morgan fingerprint density at radius 3 is 1.84 bits per heavy atom. The zero-order chi connectivity index (χ0) is 33.7. The molecule has 0 amide bonds. The Balaban J connectivity index is 1.07. The van der Waals surface area contributed by atoms with Gasteiger partial charge in [-0.3, -0.25) is 15.0 Å². The molecular weight excluding hydrogens is 625 g/mol. The minimum absolute atomic E-state index is 0.122. The van der Waals surface area contributed by atoms with Crippen LogP contribution in [0.3, 0.4) is 0 Å². The number of fused-ring (bicyclic) bond motifs is 5. The van der Waals surface area contributed by atoms with Crippen LogP contribution < -0.4 is 0 Å². The van der Waals surface area contributed by atoms with Crippen LogP contribution in [0, 0.1) is 0 Å². The third-order valence-electron chi connectivity index (χ3n) is 9.90. The van der Waals surface area contributed by atoms with E-state index in [1.54, 1.807) is 0 Å². The molecular formula is C45H30N6. The Labute approximate surface area is 294 Å². The molecule has 5 heterocycles. The highest BCUT2D eigenvalue weighted by Crippen LogP contribution is 2.35. The van der Waals surface area contributed by atoms with E-state index < -0.39 is 0 Å². The predicted octanol–water partition coefficient (Wildman–Crippen LogP) is 10.3. The molecule has 1 unspecified atom stereocenters. The lowest BCUT2D eigenvalue weighted by atomic mass is 9.93. The summed E-state index contributed by atoms with van der Waals surface area (Å²) in [4.78, 5) is 20.0. The molecule has 240 valence electrons. The number of benzene rings is 5. The first-order chi connectivity index (χ1) is 25.3. The number of pyridine rings is 3. The highest BCUT2D eigenvalue weighted by atomic mass is 15.2. The van der Waals surface area contributed by atoms with Gasteiger partial charge in [0.2, 0.25) is 0 Å². The summed E-state index contributed by atoms with van der Waals surface area (Å²) in [5.41, 5.74) is 12.6. The molecule has 0 radical (unpaired) electrons. The maximum atomic E-state index is 5.35. The summed E-state index contributed by atoms with van der Waals surface area (Å²) < 4.78 is 1.95. The number of rotatable bonds is 5. The molecule has 0 bridgehead atoms. The van der Waals surface area contributed by atoms with E-state index in [0.717, 1.165) is 82.9 Å². The fourth-order valence-electron chi connectivity index (χ4n) is 7.39. The van der Waals surface area contributed by atoms with Gasteiger partial charge in [0, 0.05) is 57.9 Å². The van der Waals surface area contributed by atoms with Crippen molar-refractivity contribution in [3.05, 3.63) is 181 Å². The quantitative estimate of drug-likeness (QED) is 0.185. The molecule has 0 spiro atoms. The van der Waals surface area contributed by atoms with Gasteiger partial charge < -0.3 is 0 Å². The smallest absolute Gasteiger partial charge is 0.157 e. The summed E-state index contributed by atoms with van der Waals surface area (Å²) in [5.74, 6) is 0.710. The second-order valence-corrected chi connectivity index (χ2v) is 12.9. The standard InChI is InChI=1S/C45H30N6/c1-2-16-39-37(12-1)44-38(15-7-27-51(44)50-39)45-48-40(31-21-17-29(18-22-31)35-13-3-8-33-10-5-25-46-42(33)35)28-41(49-45)32-23-19-30(20-24-32)36-14-4-9-34-11-6-26-47-43(34)36/h1-27,40H,28H2. The lowest BCUT2D eigenvalue weighted by Gasteiger charge is -2.22. The van der Waals surface area contributed by atoms with Crippen molar-refractivity contribution in [1.29, 1.82) is 0 Å². The normalized spacial score (nSPS) is 14.6. The summed E-state index contributed by atoms with van der Waals surface area (Å²) in [7, 11) is 0. The maximum Gasteiger partial charge on any atom is 0.157 e. The van der Waals surface area contributed by atoms with E-state index in [2.05, 4.69) is 120 Å². The lowest BCUT2D eigenvalue weighted by Crippen LogP contribution is -2.18. The minimum atomic E-state index is -0.122. The van der Waals surface area contributed by atoms with Crippen LogP contribution in [-0.4, -0.2) is 31.1 Å². The number of nitrogens with zero attached hydrogens (tertiary/aromatic N) is 6. The van der Waals surface area contributed by atoms with Crippen molar-refractivity contribution < 1.29 is 0 Å². The van der Waals surface area contributed by atoms with Crippen LogP contribution in [0.2, 0.25) is 0 Å². The zero-order valence-electron chi connectivity index (χ0n) is 27.6. The maximum absolute atomic E-state index is 5.35. The molecule has 0 aliphatic carbocycles. The molecule has 5 aromatic carbocycles. The topological polar surface area (TPSA) is 67.8 Å². The van der Waals surface area contributed by atoms with Crippen LogP contribution in [0.4, 0.5) is 0 Å². The van der Waals surface area contributed by atoms with E-state index in [9.17, 15) is 0 Å². The van der Waals surface area contributed by atoms with E-state index >= 15 is 0 Å². The first kappa shape index (κ1) is 29.2. The monoisotopic (exact) mass is 654 g/mol. The van der Waals surface area contributed by atoms with Crippen molar-refractivity contribution in [2.45, 2.75) is 12.5 Å². The van der Waals surface area contributed by atoms with Crippen molar-refractivity contribution in [3.8, 4) is 22.3 Å². The molecule has 0 saturated heterocycles. The van der Waals surface area contributed by atoms with Gasteiger partial charge in [-0.05, 0) is 52.6 Å². The molecule has 4 aromatic heterocycles. The van der Waals surface area contributed by atoms with Gasteiger partial charge in [0.25, 0.3) is 0 Å². The molecule has 0 N–H and O–H groups in total. The number of amidine groups is 1. The Bertz CT molecular complexity index is 2820. The van der Waals surface area contributed by atoms with Gasteiger partial charge in [-0.15, -0.1) is 0 Å². The van der Waals surface area contributed by atoms with Crippen LogP contribution in [0.5, 0.6) is 0 Å². The van der Waals surface area contributed by atoms with E-state index in [4.69, 9.17) is 20.1 Å². The first-order valence-electron chi connectivity index (χ1n) is 17.2. The number of hydrogen-bond donors (Lipinski definition) is 0. The summed E-state index contributed by atoms with van der Waals surface area (Å²) >= 11 is 0. The Hall–Kier alpha value is -6.79. The van der Waals surface area contributed by atoms with Crippen molar-refractivity contribution in [1.82, 2.24) is 19.6 Å². The van der Waals surface area contributed by atoms with E-state index in [0.29, 0.717) is 12.3 Å². The van der Waals surface area contributed by atoms with E-state index in [-0.39, 0.29) is 6.04 Å². The molecule has 6 nitrogen and oxygen atoms in total. The van der Waals surface area contributed by atoms with Crippen LogP contribution in [-0.2, 0) is 0 Å².